The van der Waals surface area contributed by atoms with Crippen molar-refractivity contribution in [2.24, 2.45) is 11.7 Å². The highest BCUT2D eigenvalue weighted by Crippen LogP contribution is 2.24. The fraction of sp³-hybridized carbons (Fsp3) is 1.00. The molecule has 108 valence electrons. The van der Waals surface area contributed by atoms with E-state index >= 15 is 0 Å². The number of morpholine rings is 1. The van der Waals surface area contributed by atoms with Crippen molar-refractivity contribution in [3.05, 3.63) is 0 Å². The molecule has 4 heteroatoms. The third-order valence-electron chi connectivity index (χ3n) is 3.49. The van der Waals surface area contributed by atoms with Gasteiger partial charge in [-0.2, -0.15) is 0 Å². The quantitative estimate of drug-likeness (QED) is 0.778. The lowest BCUT2D eigenvalue weighted by molar-refractivity contribution is -0.143. The van der Waals surface area contributed by atoms with E-state index in [1.54, 1.807) is 0 Å². The normalized spacial score (nSPS) is 28.3. The highest BCUT2D eigenvalue weighted by atomic mass is 16.5. The van der Waals surface area contributed by atoms with Gasteiger partial charge in [-0.05, 0) is 33.1 Å². The van der Waals surface area contributed by atoms with Crippen LogP contribution in [0.4, 0.5) is 0 Å². The molecule has 0 saturated carbocycles. The van der Waals surface area contributed by atoms with Crippen LogP contribution in [0.25, 0.3) is 0 Å². The first-order chi connectivity index (χ1) is 8.25. The number of ether oxygens (including phenoxy) is 1. The molecular formula is C14H30N2O2. The highest BCUT2D eigenvalue weighted by Gasteiger charge is 2.36. The molecule has 3 unspecified atom stereocenters. The Morgan fingerprint density at radius 2 is 2.06 bits per heavy atom. The molecule has 0 amide bonds. The molecular weight excluding hydrogens is 228 g/mol. The van der Waals surface area contributed by atoms with Crippen molar-refractivity contribution in [1.82, 2.24) is 4.90 Å². The molecule has 1 aliphatic rings. The summed E-state index contributed by atoms with van der Waals surface area (Å²) in [7, 11) is 0. The zero-order valence-corrected chi connectivity index (χ0v) is 12.5. The highest BCUT2D eigenvalue weighted by molar-refractivity contribution is 4.90. The van der Waals surface area contributed by atoms with Gasteiger partial charge in [0.2, 0.25) is 0 Å². The van der Waals surface area contributed by atoms with Crippen molar-refractivity contribution in [2.45, 2.75) is 64.8 Å². The largest absolute Gasteiger partial charge is 0.395 e. The molecule has 1 saturated heterocycles. The lowest BCUT2D eigenvalue weighted by Crippen LogP contribution is -2.60. The summed E-state index contributed by atoms with van der Waals surface area (Å²) in [4.78, 5) is 2.29. The van der Waals surface area contributed by atoms with Crippen molar-refractivity contribution in [3.63, 3.8) is 0 Å². The first kappa shape index (κ1) is 15.9. The van der Waals surface area contributed by atoms with Crippen LogP contribution in [0.1, 0.15) is 41.0 Å². The molecule has 0 bridgehead atoms. The summed E-state index contributed by atoms with van der Waals surface area (Å²) < 4.78 is 5.90. The van der Waals surface area contributed by atoms with E-state index in [0.29, 0.717) is 5.92 Å². The summed E-state index contributed by atoms with van der Waals surface area (Å²) in [6, 6.07) is 0.0640. The summed E-state index contributed by atoms with van der Waals surface area (Å²) in [5, 5.41) is 9.66. The van der Waals surface area contributed by atoms with Crippen LogP contribution in [-0.4, -0.2) is 53.5 Å². The van der Waals surface area contributed by atoms with Gasteiger partial charge in [0.15, 0.2) is 0 Å². The summed E-state index contributed by atoms with van der Waals surface area (Å²) in [5.74, 6) is 0.556. The van der Waals surface area contributed by atoms with Gasteiger partial charge in [-0.25, -0.2) is 0 Å². The minimum absolute atomic E-state index is 0.0242. The van der Waals surface area contributed by atoms with Gasteiger partial charge < -0.3 is 15.6 Å². The molecule has 1 heterocycles. The molecule has 0 spiro atoms. The van der Waals surface area contributed by atoms with E-state index in [9.17, 15) is 5.11 Å². The molecule has 0 radical (unpaired) electrons. The Morgan fingerprint density at radius 3 is 2.50 bits per heavy atom. The monoisotopic (exact) mass is 258 g/mol. The van der Waals surface area contributed by atoms with Crippen molar-refractivity contribution in [2.75, 3.05) is 19.7 Å². The van der Waals surface area contributed by atoms with Crippen LogP contribution in [0.2, 0.25) is 0 Å². The Balaban J connectivity index is 2.69. The van der Waals surface area contributed by atoms with E-state index in [-0.39, 0.29) is 30.4 Å². The third kappa shape index (κ3) is 4.50. The first-order valence-corrected chi connectivity index (χ1v) is 7.03. The zero-order chi connectivity index (χ0) is 13.9. The number of nitrogens with zero attached hydrogens (tertiary/aromatic N) is 1. The molecule has 1 rings (SSSR count). The van der Waals surface area contributed by atoms with Crippen molar-refractivity contribution in [1.29, 1.82) is 0 Å². The van der Waals surface area contributed by atoms with Crippen LogP contribution in [0.15, 0.2) is 0 Å². The second kappa shape index (κ2) is 6.33. The topological polar surface area (TPSA) is 58.7 Å². The Bertz CT molecular complexity index is 256. The summed E-state index contributed by atoms with van der Waals surface area (Å²) in [6.45, 7) is 12.4. The molecule has 0 aromatic carbocycles. The minimum atomic E-state index is -0.164. The van der Waals surface area contributed by atoms with Crippen molar-refractivity contribution >= 4 is 0 Å². The third-order valence-corrected chi connectivity index (χ3v) is 3.49. The molecule has 0 aromatic rings. The standard InChI is InChI=1S/C14H30N2O2/c1-10(2)6-12(15)13(8-17)16-7-11(3)18-14(4,5)9-16/h10-13,17H,6-9,15H2,1-5H3. The number of aliphatic hydroxyl groups is 1. The molecule has 18 heavy (non-hydrogen) atoms. The van der Waals surface area contributed by atoms with Crippen LogP contribution < -0.4 is 5.73 Å². The lowest BCUT2D eigenvalue weighted by Gasteiger charge is -2.46. The summed E-state index contributed by atoms with van der Waals surface area (Å²) >= 11 is 0. The van der Waals surface area contributed by atoms with E-state index < -0.39 is 0 Å². The van der Waals surface area contributed by atoms with Gasteiger partial charge in [-0.1, -0.05) is 13.8 Å². The van der Waals surface area contributed by atoms with Crippen LogP contribution in [0.3, 0.4) is 0 Å². The van der Waals surface area contributed by atoms with Crippen LogP contribution in [-0.2, 0) is 4.74 Å². The van der Waals surface area contributed by atoms with E-state index in [0.717, 1.165) is 19.5 Å². The van der Waals surface area contributed by atoms with Gasteiger partial charge >= 0.3 is 0 Å². The fourth-order valence-electron chi connectivity index (χ4n) is 2.98. The maximum absolute atomic E-state index is 9.66. The zero-order valence-electron chi connectivity index (χ0n) is 12.5. The van der Waals surface area contributed by atoms with E-state index in [1.807, 2.05) is 0 Å². The van der Waals surface area contributed by atoms with Gasteiger partial charge in [0.1, 0.15) is 0 Å². The van der Waals surface area contributed by atoms with Gasteiger partial charge in [0, 0.05) is 25.2 Å². The lowest BCUT2D eigenvalue weighted by atomic mass is 9.95. The summed E-state index contributed by atoms with van der Waals surface area (Å²) in [5.41, 5.74) is 6.09. The second-order valence-corrected chi connectivity index (χ2v) is 6.66. The number of hydrogen-bond acceptors (Lipinski definition) is 4. The van der Waals surface area contributed by atoms with Gasteiger partial charge in [-0.3, -0.25) is 4.90 Å². The van der Waals surface area contributed by atoms with Crippen molar-refractivity contribution in [3.8, 4) is 0 Å². The Labute approximate surface area is 111 Å². The SMILES string of the molecule is CC(C)CC(N)C(CO)N1CC(C)OC(C)(C)C1. The maximum Gasteiger partial charge on any atom is 0.0757 e. The van der Waals surface area contributed by atoms with Gasteiger partial charge in [-0.15, -0.1) is 0 Å². The molecule has 4 nitrogen and oxygen atoms in total. The maximum atomic E-state index is 9.66. The Morgan fingerprint density at radius 1 is 1.44 bits per heavy atom. The molecule has 1 fully saturated rings. The molecule has 3 N–H and O–H groups in total. The van der Waals surface area contributed by atoms with Crippen LogP contribution >= 0.6 is 0 Å². The first-order valence-electron chi connectivity index (χ1n) is 7.03. The van der Waals surface area contributed by atoms with Gasteiger partial charge in [0.25, 0.3) is 0 Å². The average Bonchev–Trinajstić information content (AvgIpc) is 2.13. The van der Waals surface area contributed by atoms with Crippen molar-refractivity contribution < 1.29 is 9.84 Å². The predicted octanol–water partition coefficient (Wildman–Crippen LogP) is 1.22. The predicted molar refractivity (Wildman–Crippen MR) is 74.5 cm³/mol. The number of nitrogens with two attached hydrogens (primary N) is 1. The number of hydrogen-bond donors (Lipinski definition) is 2. The molecule has 0 aliphatic carbocycles. The summed E-state index contributed by atoms with van der Waals surface area (Å²) in [6.07, 6.45) is 1.13. The smallest absolute Gasteiger partial charge is 0.0757 e. The Kier molecular flexibility index (Phi) is 5.59. The van der Waals surface area contributed by atoms with E-state index in [2.05, 4.69) is 39.5 Å². The molecule has 1 aliphatic heterocycles. The fourth-order valence-corrected chi connectivity index (χ4v) is 2.98. The Hall–Kier alpha value is -0.160. The minimum Gasteiger partial charge on any atom is -0.395 e. The van der Waals surface area contributed by atoms with Crippen LogP contribution in [0, 0.1) is 5.92 Å². The molecule has 3 atom stereocenters. The van der Waals surface area contributed by atoms with E-state index in [1.165, 1.54) is 0 Å². The average molecular weight is 258 g/mol. The number of rotatable bonds is 5. The van der Waals surface area contributed by atoms with E-state index in [4.69, 9.17) is 10.5 Å². The number of aliphatic hydroxyl groups excluding tert-OH is 1. The van der Waals surface area contributed by atoms with Crippen LogP contribution in [0.5, 0.6) is 0 Å². The van der Waals surface area contributed by atoms with Gasteiger partial charge in [0.05, 0.1) is 18.3 Å². The molecule has 0 aromatic heterocycles. The second-order valence-electron chi connectivity index (χ2n) is 6.66.